The zero-order valence-electron chi connectivity index (χ0n) is 17.9. The van der Waals surface area contributed by atoms with Crippen LogP contribution in [0, 0.1) is 0 Å². The van der Waals surface area contributed by atoms with Crippen LogP contribution < -0.4 is 10.6 Å². The third kappa shape index (κ3) is 6.39. The number of anilines is 2. The van der Waals surface area contributed by atoms with Crippen molar-refractivity contribution in [1.82, 2.24) is 0 Å². The van der Waals surface area contributed by atoms with Crippen molar-refractivity contribution in [2.75, 3.05) is 22.9 Å². The molecule has 1 amide bonds. The van der Waals surface area contributed by atoms with Gasteiger partial charge in [0.2, 0.25) is 5.91 Å². The monoisotopic (exact) mass is 418 g/mol. The molecule has 0 aliphatic heterocycles. The van der Waals surface area contributed by atoms with Gasteiger partial charge >= 0.3 is 0 Å². The van der Waals surface area contributed by atoms with Crippen LogP contribution in [0.5, 0.6) is 0 Å². The SMILES string of the molecule is CCSc1ccc(CC(=O)Nc2ccc(C(C)(C)CNc3ccccc3)cc2)cc1. The van der Waals surface area contributed by atoms with E-state index in [0.717, 1.165) is 29.2 Å². The van der Waals surface area contributed by atoms with Crippen molar-refractivity contribution >= 4 is 29.0 Å². The average Bonchev–Trinajstić information content (AvgIpc) is 2.75. The lowest BCUT2D eigenvalue weighted by Gasteiger charge is -2.26. The molecule has 156 valence electrons. The lowest BCUT2D eigenvalue weighted by molar-refractivity contribution is -0.115. The first-order chi connectivity index (χ1) is 14.5. The Balaban J connectivity index is 1.54. The standard InChI is InChI=1S/C26H30N2OS/c1-4-30-24-16-10-20(11-17-24)18-25(29)28-23-14-12-21(13-15-23)26(2,3)19-27-22-8-6-5-7-9-22/h5-17,27H,4,18-19H2,1-3H3,(H,28,29). The minimum Gasteiger partial charge on any atom is -0.384 e. The van der Waals surface area contributed by atoms with Crippen LogP contribution in [0.3, 0.4) is 0 Å². The van der Waals surface area contributed by atoms with E-state index in [1.165, 1.54) is 10.5 Å². The summed E-state index contributed by atoms with van der Waals surface area (Å²) in [5.41, 5.74) is 4.17. The van der Waals surface area contributed by atoms with Gasteiger partial charge in [-0.2, -0.15) is 0 Å². The number of amides is 1. The van der Waals surface area contributed by atoms with Crippen LogP contribution in [0.4, 0.5) is 11.4 Å². The zero-order chi connectivity index (χ0) is 21.4. The molecule has 3 rings (SSSR count). The van der Waals surface area contributed by atoms with Crippen LogP contribution in [-0.2, 0) is 16.6 Å². The van der Waals surface area contributed by atoms with Crippen LogP contribution in [0.15, 0.2) is 83.8 Å². The van der Waals surface area contributed by atoms with Crippen molar-refractivity contribution in [2.24, 2.45) is 0 Å². The molecule has 2 N–H and O–H groups in total. The molecular formula is C26H30N2OS. The van der Waals surface area contributed by atoms with Crippen LogP contribution in [0.2, 0.25) is 0 Å². The number of para-hydroxylation sites is 1. The van der Waals surface area contributed by atoms with Crippen molar-refractivity contribution in [3.63, 3.8) is 0 Å². The number of hydrogen-bond donors (Lipinski definition) is 2. The summed E-state index contributed by atoms with van der Waals surface area (Å²) in [5, 5.41) is 6.51. The molecule has 3 nitrogen and oxygen atoms in total. The second-order valence-corrected chi connectivity index (χ2v) is 9.32. The number of carbonyl (C=O) groups excluding carboxylic acids is 1. The predicted octanol–water partition coefficient (Wildman–Crippen LogP) is 6.37. The van der Waals surface area contributed by atoms with Gasteiger partial charge in [-0.05, 0) is 53.3 Å². The van der Waals surface area contributed by atoms with Gasteiger partial charge in [-0.15, -0.1) is 11.8 Å². The maximum atomic E-state index is 12.4. The highest BCUT2D eigenvalue weighted by atomic mass is 32.2. The Labute approximate surface area is 184 Å². The van der Waals surface area contributed by atoms with Gasteiger partial charge in [-0.3, -0.25) is 4.79 Å². The molecule has 0 saturated heterocycles. The highest BCUT2D eigenvalue weighted by Crippen LogP contribution is 2.25. The molecule has 0 saturated carbocycles. The van der Waals surface area contributed by atoms with Gasteiger partial charge < -0.3 is 10.6 Å². The fraction of sp³-hybridized carbons (Fsp3) is 0.269. The Morgan fingerprint density at radius 3 is 2.17 bits per heavy atom. The Hall–Kier alpha value is -2.72. The smallest absolute Gasteiger partial charge is 0.228 e. The van der Waals surface area contributed by atoms with Crippen LogP contribution in [0.25, 0.3) is 0 Å². The summed E-state index contributed by atoms with van der Waals surface area (Å²) < 4.78 is 0. The quantitative estimate of drug-likeness (QED) is 0.397. The maximum Gasteiger partial charge on any atom is 0.228 e. The third-order valence-electron chi connectivity index (χ3n) is 5.06. The number of rotatable bonds is 9. The topological polar surface area (TPSA) is 41.1 Å². The lowest BCUT2D eigenvalue weighted by Crippen LogP contribution is -2.27. The molecule has 0 fully saturated rings. The molecule has 0 atom stereocenters. The van der Waals surface area contributed by atoms with Gasteiger partial charge in [0.15, 0.2) is 0 Å². The normalized spacial score (nSPS) is 11.2. The number of nitrogens with one attached hydrogen (secondary N) is 2. The molecule has 0 aliphatic rings. The molecule has 3 aromatic rings. The van der Waals surface area contributed by atoms with E-state index in [4.69, 9.17) is 0 Å². The zero-order valence-corrected chi connectivity index (χ0v) is 18.8. The molecular weight excluding hydrogens is 388 g/mol. The van der Waals surface area contributed by atoms with Crippen LogP contribution in [-0.4, -0.2) is 18.2 Å². The fourth-order valence-electron chi connectivity index (χ4n) is 3.25. The molecule has 30 heavy (non-hydrogen) atoms. The molecule has 0 unspecified atom stereocenters. The first-order valence-electron chi connectivity index (χ1n) is 10.4. The van der Waals surface area contributed by atoms with E-state index >= 15 is 0 Å². The van der Waals surface area contributed by atoms with E-state index < -0.39 is 0 Å². The van der Waals surface area contributed by atoms with Gasteiger partial charge in [0.25, 0.3) is 0 Å². The first-order valence-corrected chi connectivity index (χ1v) is 11.4. The molecule has 0 radical (unpaired) electrons. The van der Waals surface area contributed by atoms with Crippen LogP contribution in [0.1, 0.15) is 31.9 Å². The van der Waals surface area contributed by atoms with Crippen molar-refractivity contribution in [1.29, 1.82) is 0 Å². The van der Waals surface area contributed by atoms with Gasteiger partial charge in [-0.1, -0.05) is 63.2 Å². The molecule has 4 heteroatoms. The van der Waals surface area contributed by atoms with E-state index in [0.29, 0.717) is 6.42 Å². The van der Waals surface area contributed by atoms with Crippen LogP contribution >= 0.6 is 11.8 Å². The maximum absolute atomic E-state index is 12.4. The lowest BCUT2D eigenvalue weighted by atomic mass is 9.84. The molecule has 0 aromatic heterocycles. The van der Waals surface area contributed by atoms with E-state index in [9.17, 15) is 4.79 Å². The Kier molecular flexibility index (Phi) is 7.58. The van der Waals surface area contributed by atoms with Crippen molar-refractivity contribution in [2.45, 2.75) is 37.5 Å². The summed E-state index contributed by atoms with van der Waals surface area (Å²) in [6, 6.07) is 26.6. The van der Waals surface area contributed by atoms with Gasteiger partial charge in [0.05, 0.1) is 6.42 Å². The summed E-state index contributed by atoms with van der Waals surface area (Å²) >= 11 is 1.81. The summed E-state index contributed by atoms with van der Waals surface area (Å²) in [7, 11) is 0. The minimum absolute atomic E-state index is 0.00338. The predicted molar refractivity (Wildman–Crippen MR) is 130 cm³/mol. The molecule has 0 spiro atoms. The summed E-state index contributed by atoms with van der Waals surface area (Å²) in [5.74, 6) is 1.05. The van der Waals surface area contributed by atoms with Gasteiger partial charge in [0, 0.05) is 28.2 Å². The van der Waals surface area contributed by atoms with Gasteiger partial charge in [0.1, 0.15) is 0 Å². The van der Waals surface area contributed by atoms with Crippen molar-refractivity contribution in [3.8, 4) is 0 Å². The van der Waals surface area contributed by atoms with Gasteiger partial charge in [-0.25, -0.2) is 0 Å². The Bertz CT molecular complexity index is 935. The van der Waals surface area contributed by atoms with E-state index in [-0.39, 0.29) is 11.3 Å². The molecule has 3 aromatic carbocycles. The number of benzene rings is 3. The molecule has 0 bridgehead atoms. The Morgan fingerprint density at radius 2 is 1.53 bits per heavy atom. The van der Waals surface area contributed by atoms with Crippen molar-refractivity contribution < 1.29 is 4.79 Å². The van der Waals surface area contributed by atoms with E-state index in [1.54, 1.807) is 11.8 Å². The van der Waals surface area contributed by atoms with E-state index in [1.807, 2.05) is 42.5 Å². The Morgan fingerprint density at radius 1 is 0.867 bits per heavy atom. The largest absolute Gasteiger partial charge is 0.384 e. The highest BCUT2D eigenvalue weighted by molar-refractivity contribution is 7.99. The fourth-order valence-corrected chi connectivity index (χ4v) is 3.91. The molecule has 0 aliphatic carbocycles. The minimum atomic E-state index is -0.0311. The summed E-state index contributed by atoms with van der Waals surface area (Å²) in [4.78, 5) is 13.6. The number of thioether (sulfide) groups is 1. The second-order valence-electron chi connectivity index (χ2n) is 7.98. The number of carbonyl (C=O) groups is 1. The average molecular weight is 419 g/mol. The first kappa shape index (κ1) is 22.0. The highest BCUT2D eigenvalue weighted by Gasteiger charge is 2.20. The second kappa shape index (κ2) is 10.4. The van der Waals surface area contributed by atoms with Crippen molar-refractivity contribution in [3.05, 3.63) is 90.0 Å². The summed E-state index contributed by atoms with van der Waals surface area (Å²) in [6.07, 6.45) is 0.380. The molecule has 0 heterocycles. The number of hydrogen-bond acceptors (Lipinski definition) is 3. The third-order valence-corrected chi connectivity index (χ3v) is 5.95. The summed E-state index contributed by atoms with van der Waals surface area (Å²) in [6.45, 7) is 7.40. The van der Waals surface area contributed by atoms with E-state index in [2.05, 4.69) is 67.8 Å².